The van der Waals surface area contributed by atoms with Crippen LogP contribution in [0.2, 0.25) is 10.0 Å². The molecule has 4 aromatic rings. The van der Waals surface area contributed by atoms with E-state index < -0.39 is 6.10 Å². The van der Waals surface area contributed by atoms with Gasteiger partial charge in [0.25, 0.3) is 0 Å². The SMILES string of the molecule is CC(Nc1ccc(C(O)c2ccc(NC(C)c3ccccc3Cl)cc2)cc1)c1ccccc1Cl. The molecule has 2 unspecified atom stereocenters. The molecule has 5 heteroatoms. The highest BCUT2D eigenvalue weighted by Crippen LogP contribution is 2.29. The van der Waals surface area contributed by atoms with Gasteiger partial charge < -0.3 is 15.7 Å². The lowest BCUT2D eigenvalue weighted by atomic mass is 10.0. The summed E-state index contributed by atoms with van der Waals surface area (Å²) in [5.41, 5.74) is 5.70. The van der Waals surface area contributed by atoms with Gasteiger partial charge in [-0.05, 0) is 72.5 Å². The topological polar surface area (TPSA) is 44.3 Å². The number of aliphatic hydroxyl groups is 1. The second-order valence-corrected chi connectivity index (χ2v) is 9.24. The molecule has 0 amide bonds. The first-order chi connectivity index (χ1) is 16.4. The molecule has 4 aromatic carbocycles. The van der Waals surface area contributed by atoms with Crippen molar-refractivity contribution in [3.8, 4) is 0 Å². The highest BCUT2D eigenvalue weighted by atomic mass is 35.5. The van der Waals surface area contributed by atoms with Crippen molar-refractivity contribution < 1.29 is 5.11 Å². The zero-order valence-electron chi connectivity index (χ0n) is 19.2. The Kier molecular flexibility index (Phi) is 7.79. The van der Waals surface area contributed by atoms with Crippen LogP contribution in [-0.4, -0.2) is 5.11 Å². The molecular weight excluding hydrogens is 463 g/mol. The minimum Gasteiger partial charge on any atom is -0.384 e. The Hall–Kier alpha value is -2.98. The van der Waals surface area contributed by atoms with Gasteiger partial charge in [0.1, 0.15) is 6.10 Å². The largest absolute Gasteiger partial charge is 0.384 e. The van der Waals surface area contributed by atoms with Gasteiger partial charge in [0, 0.05) is 33.5 Å². The van der Waals surface area contributed by atoms with Crippen LogP contribution in [0.3, 0.4) is 0 Å². The van der Waals surface area contributed by atoms with Crippen LogP contribution >= 0.6 is 23.2 Å². The number of nitrogens with one attached hydrogen (secondary N) is 2. The summed E-state index contributed by atoms with van der Waals surface area (Å²) < 4.78 is 0. The number of hydrogen-bond acceptors (Lipinski definition) is 3. The number of benzene rings is 4. The molecule has 0 aliphatic heterocycles. The third kappa shape index (κ3) is 5.74. The summed E-state index contributed by atoms with van der Waals surface area (Å²) in [7, 11) is 0. The summed E-state index contributed by atoms with van der Waals surface area (Å²) in [6, 6.07) is 31.5. The number of aliphatic hydroxyl groups excluding tert-OH is 1. The lowest BCUT2D eigenvalue weighted by Crippen LogP contribution is -2.08. The molecule has 34 heavy (non-hydrogen) atoms. The first kappa shape index (κ1) is 24.2. The molecule has 2 atom stereocenters. The van der Waals surface area contributed by atoms with Crippen LogP contribution in [-0.2, 0) is 0 Å². The van der Waals surface area contributed by atoms with Crippen LogP contribution in [0, 0.1) is 0 Å². The molecule has 0 aromatic heterocycles. The Morgan fingerprint density at radius 3 is 1.26 bits per heavy atom. The molecule has 0 bridgehead atoms. The highest BCUT2D eigenvalue weighted by Gasteiger charge is 2.13. The lowest BCUT2D eigenvalue weighted by molar-refractivity contribution is 0.220. The molecule has 174 valence electrons. The van der Waals surface area contributed by atoms with E-state index in [1.54, 1.807) is 0 Å². The van der Waals surface area contributed by atoms with Crippen LogP contribution in [0.15, 0.2) is 97.1 Å². The molecule has 0 saturated carbocycles. The smallest absolute Gasteiger partial charge is 0.104 e. The predicted molar refractivity (Wildman–Crippen MR) is 144 cm³/mol. The molecule has 3 nitrogen and oxygen atoms in total. The molecule has 0 aliphatic carbocycles. The van der Waals surface area contributed by atoms with Crippen molar-refractivity contribution in [1.82, 2.24) is 0 Å². The first-order valence-electron chi connectivity index (χ1n) is 11.3. The molecule has 0 saturated heterocycles. The van der Waals surface area contributed by atoms with E-state index >= 15 is 0 Å². The van der Waals surface area contributed by atoms with Crippen LogP contribution in [0.5, 0.6) is 0 Å². The van der Waals surface area contributed by atoms with Gasteiger partial charge in [-0.25, -0.2) is 0 Å². The second-order valence-electron chi connectivity index (χ2n) is 8.42. The van der Waals surface area contributed by atoms with Crippen molar-refractivity contribution in [2.75, 3.05) is 10.6 Å². The van der Waals surface area contributed by atoms with E-state index in [-0.39, 0.29) is 12.1 Å². The fourth-order valence-electron chi connectivity index (χ4n) is 4.02. The van der Waals surface area contributed by atoms with E-state index in [9.17, 15) is 5.11 Å². The maximum atomic E-state index is 10.9. The van der Waals surface area contributed by atoms with E-state index in [0.717, 1.165) is 43.7 Å². The summed E-state index contributed by atoms with van der Waals surface area (Å²) >= 11 is 12.6. The first-order valence-corrected chi connectivity index (χ1v) is 12.1. The molecule has 4 rings (SSSR count). The fourth-order valence-corrected chi connectivity index (χ4v) is 4.62. The summed E-state index contributed by atoms with van der Waals surface area (Å²) in [4.78, 5) is 0. The lowest BCUT2D eigenvalue weighted by Gasteiger charge is -2.19. The van der Waals surface area contributed by atoms with Crippen molar-refractivity contribution in [3.63, 3.8) is 0 Å². The summed E-state index contributed by atoms with van der Waals surface area (Å²) in [6.07, 6.45) is -0.704. The zero-order chi connectivity index (χ0) is 24.1. The standard InChI is InChI=1S/C29H28Cl2N2O/c1-19(25-7-3-5-9-27(25)30)32-23-15-11-21(12-16-23)29(34)22-13-17-24(18-14-22)33-20(2)26-8-4-6-10-28(26)31/h3-20,29,32-34H,1-2H3. The quantitative estimate of drug-likeness (QED) is 0.232. The third-order valence-corrected chi connectivity index (χ3v) is 6.65. The van der Waals surface area contributed by atoms with Gasteiger partial charge in [-0.15, -0.1) is 0 Å². The average molecular weight is 491 g/mol. The summed E-state index contributed by atoms with van der Waals surface area (Å²) in [5, 5.41) is 19.3. The van der Waals surface area contributed by atoms with E-state index in [4.69, 9.17) is 23.2 Å². The van der Waals surface area contributed by atoms with E-state index in [0.29, 0.717) is 0 Å². The fraction of sp³-hybridized carbons (Fsp3) is 0.172. The monoisotopic (exact) mass is 490 g/mol. The molecule has 0 radical (unpaired) electrons. The summed E-state index contributed by atoms with van der Waals surface area (Å²) in [6.45, 7) is 4.15. The molecular formula is C29H28Cl2N2O. The average Bonchev–Trinajstić information content (AvgIpc) is 2.85. The maximum Gasteiger partial charge on any atom is 0.104 e. The van der Waals surface area contributed by atoms with Crippen molar-refractivity contribution >= 4 is 34.6 Å². The van der Waals surface area contributed by atoms with Gasteiger partial charge in [-0.2, -0.15) is 0 Å². The van der Waals surface area contributed by atoms with Gasteiger partial charge in [-0.3, -0.25) is 0 Å². The molecule has 0 fully saturated rings. The van der Waals surface area contributed by atoms with Crippen molar-refractivity contribution in [2.24, 2.45) is 0 Å². The Morgan fingerprint density at radius 2 is 0.912 bits per heavy atom. The Bertz CT molecular complexity index is 1130. The van der Waals surface area contributed by atoms with Crippen molar-refractivity contribution in [3.05, 3.63) is 129 Å². The van der Waals surface area contributed by atoms with E-state index in [2.05, 4.69) is 24.5 Å². The Morgan fingerprint density at radius 1 is 0.559 bits per heavy atom. The maximum absolute atomic E-state index is 10.9. The molecule has 0 aliphatic rings. The van der Waals surface area contributed by atoms with Crippen LogP contribution in [0.4, 0.5) is 11.4 Å². The van der Waals surface area contributed by atoms with Crippen LogP contribution < -0.4 is 10.6 Å². The van der Waals surface area contributed by atoms with Crippen LogP contribution in [0.25, 0.3) is 0 Å². The Balaban J connectivity index is 1.39. The van der Waals surface area contributed by atoms with Gasteiger partial charge >= 0.3 is 0 Å². The highest BCUT2D eigenvalue weighted by molar-refractivity contribution is 6.31. The minimum absolute atomic E-state index is 0.0673. The van der Waals surface area contributed by atoms with Gasteiger partial charge in [0.15, 0.2) is 0 Å². The van der Waals surface area contributed by atoms with Crippen molar-refractivity contribution in [1.29, 1.82) is 0 Å². The molecule has 0 spiro atoms. The van der Waals surface area contributed by atoms with Crippen molar-refractivity contribution in [2.45, 2.75) is 32.0 Å². The minimum atomic E-state index is -0.704. The molecule has 0 heterocycles. The number of hydrogen-bond donors (Lipinski definition) is 3. The third-order valence-electron chi connectivity index (χ3n) is 5.96. The van der Waals surface area contributed by atoms with E-state index in [1.807, 2.05) is 97.1 Å². The Labute approximate surface area is 211 Å². The molecule has 3 N–H and O–H groups in total. The number of halogens is 2. The van der Waals surface area contributed by atoms with Gasteiger partial charge in [0.05, 0.1) is 0 Å². The van der Waals surface area contributed by atoms with Gasteiger partial charge in [0.2, 0.25) is 0 Å². The van der Waals surface area contributed by atoms with E-state index in [1.165, 1.54) is 0 Å². The van der Waals surface area contributed by atoms with Gasteiger partial charge in [-0.1, -0.05) is 83.9 Å². The normalized spacial score (nSPS) is 13.7. The van der Waals surface area contributed by atoms with Crippen LogP contribution in [0.1, 0.15) is 54.3 Å². The predicted octanol–water partition coefficient (Wildman–Crippen LogP) is 8.42. The zero-order valence-corrected chi connectivity index (χ0v) is 20.7. The second kappa shape index (κ2) is 11.0. The number of rotatable bonds is 8. The summed E-state index contributed by atoms with van der Waals surface area (Å²) in [5.74, 6) is 0. The number of anilines is 2.